The van der Waals surface area contributed by atoms with Gasteiger partial charge in [0.1, 0.15) is 0 Å². The molecule has 0 bridgehead atoms. The van der Waals surface area contributed by atoms with Crippen molar-refractivity contribution in [3.63, 3.8) is 0 Å². The second-order valence-electron chi connectivity index (χ2n) is 6.98. The van der Waals surface area contributed by atoms with Crippen LogP contribution in [0.4, 0.5) is 0 Å². The molecule has 27 heavy (non-hydrogen) atoms. The summed E-state index contributed by atoms with van der Waals surface area (Å²) in [4.78, 5) is 29.4. The molecule has 5 heteroatoms. The molecular formula is C22H25N3O2. The van der Waals surface area contributed by atoms with Gasteiger partial charge in [0, 0.05) is 35.9 Å². The quantitative estimate of drug-likeness (QED) is 0.706. The summed E-state index contributed by atoms with van der Waals surface area (Å²) in [5.41, 5.74) is 5.30. The predicted molar refractivity (Wildman–Crippen MR) is 108 cm³/mol. The summed E-state index contributed by atoms with van der Waals surface area (Å²) in [7, 11) is 0. The molecule has 5 nitrogen and oxygen atoms in total. The van der Waals surface area contributed by atoms with Crippen LogP contribution < -0.4 is 10.9 Å². The van der Waals surface area contributed by atoms with Crippen LogP contribution in [0.1, 0.15) is 39.3 Å². The predicted octanol–water partition coefficient (Wildman–Crippen LogP) is 3.45. The number of rotatable bonds is 5. The van der Waals surface area contributed by atoms with Gasteiger partial charge in [-0.1, -0.05) is 17.7 Å². The molecular weight excluding hydrogens is 338 g/mol. The zero-order chi connectivity index (χ0) is 19.6. The maximum atomic E-state index is 12.9. The first-order chi connectivity index (χ1) is 12.9. The third-order valence-electron chi connectivity index (χ3n) is 4.97. The minimum atomic E-state index is -0.0919. The highest BCUT2D eigenvalue weighted by Gasteiger charge is 2.16. The van der Waals surface area contributed by atoms with E-state index in [9.17, 15) is 9.59 Å². The second kappa shape index (κ2) is 7.74. The third-order valence-corrected chi connectivity index (χ3v) is 4.97. The summed E-state index contributed by atoms with van der Waals surface area (Å²) in [6, 6.07) is 11.2. The number of carbonyl (C=O) groups excluding carboxylic acids is 1. The summed E-state index contributed by atoms with van der Waals surface area (Å²) in [5, 5.41) is 3.89. The number of benzene rings is 1. The molecule has 0 aliphatic carbocycles. The topological polar surface area (TPSA) is 64.0 Å². The average molecular weight is 363 g/mol. The smallest absolute Gasteiger partial charge is 0.252 e. The highest BCUT2D eigenvalue weighted by molar-refractivity contribution is 6.07. The maximum Gasteiger partial charge on any atom is 0.252 e. The number of aryl methyl sites for hydroxylation is 3. The van der Waals surface area contributed by atoms with Crippen molar-refractivity contribution >= 4 is 16.8 Å². The molecule has 2 aromatic heterocycles. The van der Waals surface area contributed by atoms with Crippen LogP contribution in [0, 0.1) is 27.7 Å². The SMILES string of the molecule is Cc1ccc2nc(C)c(C)c(C(=O)NCCCn3c(C)cccc3=O)c2c1. The van der Waals surface area contributed by atoms with E-state index in [1.165, 1.54) is 0 Å². The van der Waals surface area contributed by atoms with Crippen LogP contribution in [-0.2, 0) is 6.54 Å². The van der Waals surface area contributed by atoms with Crippen molar-refractivity contribution in [1.82, 2.24) is 14.9 Å². The minimum absolute atomic E-state index is 0.0107. The summed E-state index contributed by atoms with van der Waals surface area (Å²) in [5.74, 6) is -0.0919. The molecule has 0 unspecified atom stereocenters. The Morgan fingerprint density at radius 1 is 1.11 bits per heavy atom. The molecule has 0 radical (unpaired) electrons. The maximum absolute atomic E-state index is 12.9. The van der Waals surface area contributed by atoms with Crippen molar-refractivity contribution in [3.05, 3.63) is 74.8 Å². The number of amides is 1. The summed E-state index contributed by atoms with van der Waals surface area (Å²) < 4.78 is 1.73. The lowest BCUT2D eigenvalue weighted by Crippen LogP contribution is -2.28. The number of pyridine rings is 2. The van der Waals surface area contributed by atoms with Crippen molar-refractivity contribution in [2.24, 2.45) is 0 Å². The van der Waals surface area contributed by atoms with Crippen LogP contribution in [0.15, 0.2) is 41.2 Å². The monoisotopic (exact) mass is 363 g/mol. The molecule has 1 amide bonds. The highest BCUT2D eigenvalue weighted by Crippen LogP contribution is 2.24. The number of carbonyl (C=O) groups is 1. The van der Waals surface area contributed by atoms with E-state index in [4.69, 9.17) is 0 Å². The first-order valence-electron chi connectivity index (χ1n) is 9.20. The van der Waals surface area contributed by atoms with E-state index in [2.05, 4.69) is 10.3 Å². The molecule has 0 atom stereocenters. The largest absolute Gasteiger partial charge is 0.352 e. The molecule has 1 aromatic carbocycles. The van der Waals surface area contributed by atoms with Gasteiger partial charge in [-0.2, -0.15) is 0 Å². The Kier molecular flexibility index (Phi) is 5.40. The Hall–Kier alpha value is -2.95. The molecule has 0 aliphatic rings. The number of nitrogens with zero attached hydrogens (tertiary/aromatic N) is 2. The van der Waals surface area contributed by atoms with Crippen LogP contribution in [-0.4, -0.2) is 22.0 Å². The van der Waals surface area contributed by atoms with Gasteiger partial charge in [0.2, 0.25) is 0 Å². The summed E-state index contributed by atoms with van der Waals surface area (Å²) in [6.07, 6.45) is 0.691. The lowest BCUT2D eigenvalue weighted by molar-refractivity contribution is 0.0953. The van der Waals surface area contributed by atoms with Crippen LogP contribution in [0.3, 0.4) is 0 Å². The fraction of sp³-hybridized carbons (Fsp3) is 0.318. The first kappa shape index (κ1) is 18.8. The van der Waals surface area contributed by atoms with Gasteiger partial charge in [-0.15, -0.1) is 0 Å². The molecule has 3 rings (SSSR count). The lowest BCUT2D eigenvalue weighted by atomic mass is 9.99. The van der Waals surface area contributed by atoms with Gasteiger partial charge in [-0.05, 0) is 57.9 Å². The molecule has 0 fully saturated rings. The van der Waals surface area contributed by atoms with E-state index in [1.807, 2.05) is 52.0 Å². The van der Waals surface area contributed by atoms with Crippen molar-refractivity contribution in [2.45, 2.75) is 40.7 Å². The fourth-order valence-corrected chi connectivity index (χ4v) is 3.33. The number of hydrogen-bond acceptors (Lipinski definition) is 3. The standard InChI is InChI=1S/C22H25N3O2/c1-14-9-10-19-18(13-14)21(16(3)17(4)24-19)22(27)23-11-6-12-25-15(2)7-5-8-20(25)26/h5,7-10,13H,6,11-12H2,1-4H3,(H,23,27). The molecule has 0 aliphatic heterocycles. The highest BCUT2D eigenvalue weighted by atomic mass is 16.1. The molecule has 0 saturated carbocycles. The lowest BCUT2D eigenvalue weighted by Gasteiger charge is -2.14. The molecule has 3 aromatic rings. The van der Waals surface area contributed by atoms with Gasteiger partial charge < -0.3 is 9.88 Å². The van der Waals surface area contributed by atoms with Crippen LogP contribution >= 0.6 is 0 Å². The van der Waals surface area contributed by atoms with E-state index in [1.54, 1.807) is 16.7 Å². The van der Waals surface area contributed by atoms with Crippen molar-refractivity contribution < 1.29 is 4.79 Å². The third kappa shape index (κ3) is 3.92. The Morgan fingerprint density at radius 3 is 2.63 bits per heavy atom. The average Bonchev–Trinajstić information content (AvgIpc) is 2.62. The van der Waals surface area contributed by atoms with Gasteiger partial charge in [-0.3, -0.25) is 14.6 Å². The Labute approximate surface area is 159 Å². The molecule has 1 N–H and O–H groups in total. The Bertz CT molecular complexity index is 1070. The van der Waals surface area contributed by atoms with Crippen molar-refractivity contribution in [3.8, 4) is 0 Å². The molecule has 2 heterocycles. The van der Waals surface area contributed by atoms with Crippen molar-refractivity contribution in [1.29, 1.82) is 0 Å². The van der Waals surface area contributed by atoms with Gasteiger partial charge >= 0.3 is 0 Å². The number of aromatic nitrogens is 2. The zero-order valence-electron chi connectivity index (χ0n) is 16.3. The summed E-state index contributed by atoms with van der Waals surface area (Å²) in [6.45, 7) is 8.88. The van der Waals surface area contributed by atoms with E-state index in [0.29, 0.717) is 25.1 Å². The van der Waals surface area contributed by atoms with Gasteiger partial charge in [0.25, 0.3) is 11.5 Å². The van der Waals surface area contributed by atoms with Crippen LogP contribution in [0.2, 0.25) is 0 Å². The first-order valence-corrected chi connectivity index (χ1v) is 9.20. The van der Waals surface area contributed by atoms with E-state index >= 15 is 0 Å². The Balaban J connectivity index is 1.76. The van der Waals surface area contributed by atoms with E-state index in [0.717, 1.165) is 33.4 Å². The zero-order valence-corrected chi connectivity index (χ0v) is 16.3. The van der Waals surface area contributed by atoms with Gasteiger partial charge in [-0.25, -0.2) is 0 Å². The summed E-state index contributed by atoms with van der Waals surface area (Å²) >= 11 is 0. The molecule has 140 valence electrons. The fourth-order valence-electron chi connectivity index (χ4n) is 3.33. The normalized spacial score (nSPS) is 11.0. The van der Waals surface area contributed by atoms with Gasteiger partial charge in [0.15, 0.2) is 0 Å². The number of fused-ring (bicyclic) bond motifs is 1. The van der Waals surface area contributed by atoms with Crippen LogP contribution in [0.25, 0.3) is 10.9 Å². The number of hydrogen-bond donors (Lipinski definition) is 1. The van der Waals surface area contributed by atoms with E-state index < -0.39 is 0 Å². The van der Waals surface area contributed by atoms with Crippen molar-refractivity contribution in [2.75, 3.05) is 6.54 Å². The second-order valence-corrected chi connectivity index (χ2v) is 6.98. The molecule has 0 spiro atoms. The Morgan fingerprint density at radius 2 is 1.89 bits per heavy atom. The minimum Gasteiger partial charge on any atom is -0.352 e. The van der Waals surface area contributed by atoms with E-state index in [-0.39, 0.29) is 11.5 Å². The molecule has 0 saturated heterocycles. The number of nitrogens with one attached hydrogen (secondary N) is 1. The van der Waals surface area contributed by atoms with Gasteiger partial charge in [0.05, 0.1) is 11.1 Å². The van der Waals surface area contributed by atoms with Crippen LogP contribution in [0.5, 0.6) is 0 Å².